The van der Waals surface area contributed by atoms with Crippen molar-refractivity contribution in [1.82, 2.24) is 0 Å². The van der Waals surface area contributed by atoms with Crippen molar-refractivity contribution in [2.45, 2.75) is 4.90 Å². The first-order chi connectivity index (χ1) is 10.4. The van der Waals surface area contributed by atoms with Gasteiger partial charge >= 0.3 is 11.7 Å². The lowest BCUT2D eigenvalue weighted by molar-refractivity contribution is -0.385. The van der Waals surface area contributed by atoms with E-state index in [9.17, 15) is 23.7 Å². The first kappa shape index (κ1) is 15.6. The van der Waals surface area contributed by atoms with E-state index >= 15 is 0 Å². The fourth-order valence-electron chi connectivity index (χ4n) is 1.68. The number of aromatic carboxylic acids is 1. The number of hydrogen-bond acceptors (Lipinski definition) is 6. The summed E-state index contributed by atoms with van der Waals surface area (Å²) < 4.78 is 27.8. The molecule has 0 aliphatic rings. The van der Waals surface area contributed by atoms with Crippen LogP contribution in [-0.4, -0.2) is 24.8 Å². The van der Waals surface area contributed by atoms with Gasteiger partial charge in [0.05, 0.1) is 15.4 Å². The van der Waals surface area contributed by atoms with Gasteiger partial charge in [0.15, 0.2) is 0 Å². The summed E-state index contributed by atoms with van der Waals surface area (Å²) in [5.74, 6) is -1.84. The average Bonchev–Trinajstić information content (AvgIpc) is 2.47. The lowest BCUT2D eigenvalue weighted by atomic mass is 10.2. The van der Waals surface area contributed by atoms with E-state index in [0.717, 1.165) is 12.1 Å². The van der Waals surface area contributed by atoms with Gasteiger partial charge in [-0.3, -0.25) is 14.3 Å². The minimum atomic E-state index is -2.91. The Bertz CT molecular complexity index is 725. The number of nitro groups is 1. The third-order valence-electron chi connectivity index (χ3n) is 2.62. The largest absolute Gasteiger partial charge is 0.768 e. The number of carboxylic acids is 1. The number of ether oxygens (including phenoxy) is 1. The number of nitrogens with zero attached hydrogens (tertiary/aromatic N) is 1. The summed E-state index contributed by atoms with van der Waals surface area (Å²) >= 11 is -2.91. The molecule has 8 nitrogen and oxygen atoms in total. The second-order valence-electron chi connectivity index (χ2n) is 4.03. The summed E-state index contributed by atoms with van der Waals surface area (Å²) in [5.41, 5.74) is -1.27. The maximum absolute atomic E-state index is 11.3. The van der Waals surface area contributed by atoms with Crippen LogP contribution in [0.2, 0.25) is 0 Å². The van der Waals surface area contributed by atoms with E-state index < -0.39 is 43.9 Å². The van der Waals surface area contributed by atoms with E-state index in [4.69, 9.17) is 9.84 Å². The molecule has 2 aromatic carbocycles. The summed E-state index contributed by atoms with van der Waals surface area (Å²) in [6, 6.07) is 9.38. The van der Waals surface area contributed by atoms with Gasteiger partial charge in [0.2, 0.25) is 5.75 Å². The van der Waals surface area contributed by atoms with E-state index in [2.05, 4.69) is 0 Å². The lowest BCUT2D eigenvalue weighted by Gasteiger charge is -2.14. The number of carboxylic acid groups (broad SMARTS) is 1. The molecule has 1 unspecified atom stereocenters. The highest BCUT2D eigenvalue weighted by molar-refractivity contribution is 7.79. The Hall–Kier alpha value is -2.78. The molecular weight excluding hydrogens is 314 g/mol. The van der Waals surface area contributed by atoms with Gasteiger partial charge in [-0.25, -0.2) is 4.79 Å². The van der Waals surface area contributed by atoms with Crippen molar-refractivity contribution < 1.29 is 28.3 Å². The van der Waals surface area contributed by atoms with Crippen LogP contribution < -0.4 is 4.74 Å². The predicted octanol–water partition coefficient (Wildman–Crippen LogP) is 2.32. The van der Waals surface area contributed by atoms with Crippen molar-refractivity contribution in [3.05, 3.63) is 58.1 Å². The Morgan fingerprint density at radius 3 is 2.36 bits per heavy atom. The number of para-hydroxylation sites is 1. The van der Waals surface area contributed by atoms with E-state index in [-0.39, 0.29) is 5.75 Å². The zero-order valence-corrected chi connectivity index (χ0v) is 11.6. The van der Waals surface area contributed by atoms with Crippen LogP contribution in [0.1, 0.15) is 10.4 Å². The molecule has 0 aliphatic carbocycles. The summed E-state index contributed by atoms with van der Waals surface area (Å²) in [5, 5.41) is 20.0. The predicted molar refractivity (Wildman–Crippen MR) is 73.8 cm³/mol. The van der Waals surface area contributed by atoms with Crippen molar-refractivity contribution in [1.29, 1.82) is 0 Å². The Labute approximate surface area is 126 Å². The van der Waals surface area contributed by atoms with Crippen LogP contribution in [-0.2, 0) is 11.1 Å². The molecule has 1 N–H and O–H groups in total. The van der Waals surface area contributed by atoms with Gasteiger partial charge in [-0.15, -0.1) is 0 Å². The van der Waals surface area contributed by atoms with Crippen LogP contribution in [0.15, 0.2) is 47.4 Å². The van der Waals surface area contributed by atoms with Gasteiger partial charge in [0, 0.05) is 6.07 Å². The molecule has 0 amide bonds. The lowest BCUT2D eigenvalue weighted by Crippen LogP contribution is -2.05. The Morgan fingerprint density at radius 1 is 1.23 bits per heavy atom. The molecule has 0 bridgehead atoms. The van der Waals surface area contributed by atoms with Gasteiger partial charge in [-0.1, -0.05) is 18.2 Å². The molecule has 0 spiro atoms. The SMILES string of the molecule is O=C(O)c1cc([N+](=O)[O-])c(Oc2ccccc2)c(S(=O)[O-])c1. The molecule has 0 saturated heterocycles. The first-order valence-electron chi connectivity index (χ1n) is 5.78. The molecule has 0 radical (unpaired) electrons. The van der Waals surface area contributed by atoms with Crippen LogP contribution in [0, 0.1) is 10.1 Å². The molecule has 2 aromatic rings. The van der Waals surface area contributed by atoms with Crippen molar-refractivity contribution in [2.24, 2.45) is 0 Å². The zero-order chi connectivity index (χ0) is 16.3. The molecule has 0 aliphatic heterocycles. The Kier molecular flexibility index (Phi) is 4.49. The normalized spacial score (nSPS) is 11.7. The molecule has 0 saturated carbocycles. The number of nitro benzene ring substituents is 1. The monoisotopic (exact) mass is 322 g/mol. The van der Waals surface area contributed by atoms with Crippen LogP contribution in [0.3, 0.4) is 0 Å². The van der Waals surface area contributed by atoms with Crippen LogP contribution in [0.4, 0.5) is 5.69 Å². The molecule has 0 fully saturated rings. The van der Waals surface area contributed by atoms with Crippen LogP contribution in [0.5, 0.6) is 11.5 Å². The van der Waals surface area contributed by atoms with E-state index in [1.165, 1.54) is 12.1 Å². The highest BCUT2D eigenvalue weighted by atomic mass is 32.2. The molecule has 22 heavy (non-hydrogen) atoms. The van der Waals surface area contributed by atoms with Gasteiger partial charge in [0.1, 0.15) is 5.75 Å². The highest BCUT2D eigenvalue weighted by Crippen LogP contribution is 2.37. The number of hydrogen-bond donors (Lipinski definition) is 1. The highest BCUT2D eigenvalue weighted by Gasteiger charge is 2.24. The molecule has 1 atom stereocenters. The van der Waals surface area contributed by atoms with Crippen LogP contribution >= 0.6 is 0 Å². The standard InChI is InChI=1S/C13H9NO7S/c15-13(16)8-6-10(14(17)18)12(11(7-8)22(19)20)21-9-4-2-1-3-5-9/h1-7H,(H,15,16)(H,19,20)/p-1. The van der Waals surface area contributed by atoms with Gasteiger partial charge in [-0.05, 0) is 29.3 Å². The minimum absolute atomic E-state index is 0.181. The molecular formula is C13H8NO7S-. The quantitative estimate of drug-likeness (QED) is 0.508. The number of carbonyl (C=O) groups is 1. The van der Waals surface area contributed by atoms with Gasteiger partial charge < -0.3 is 14.4 Å². The van der Waals surface area contributed by atoms with Crippen LogP contribution in [0.25, 0.3) is 0 Å². The van der Waals surface area contributed by atoms with Crippen molar-refractivity contribution in [2.75, 3.05) is 0 Å². The molecule has 0 heterocycles. The maximum atomic E-state index is 11.3. The topological polar surface area (TPSA) is 130 Å². The molecule has 2 rings (SSSR count). The van der Waals surface area contributed by atoms with Crippen molar-refractivity contribution >= 4 is 22.7 Å². The summed E-state index contributed by atoms with van der Waals surface area (Å²) in [7, 11) is 0. The second kappa shape index (κ2) is 6.33. The van der Waals surface area contributed by atoms with Gasteiger partial charge in [0.25, 0.3) is 0 Å². The first-order valence-corrected chi connectivity index (χ1v) is 6.85. The average molecular weight is 322 g/mol. The smallest absolute Gasteiger partial charge is 0.335 e. The van der Waals surface area contributed by atoms with E-state index in [1.54, 1.807) is 18.2 Å². The fourth-order valence-corrected chi connectivity index (χ4v) is 2.20. The summed E-state index contributed by atoms with van der Waals surface area (Å²) in [4.78, 5) is 20.5. The number of rotatable bonds is 5. The molecule has 114 valence electrons. The maximum Gasteiger partial charge on any atom is 0.335 e. The fraction of sp³-hybridized carbons (Fsp3) is 0. The Morgan fingerprint density at radius 2 is 1.86 bits per heavy atom. The second-order valence-corrected chi connectivity index (χ2v) is 4.94. The van der Waals surface area contributed by atoms with Crippen molar-refractivity contribution in [3.8, 4) is 11.5 Å². The van der Waals surface area contributed by atoms with E-state index in [0.29, 0.717) is 0 Å². The third-order valence-corrected chi connectivity index (χ3v) is 3.28. The van der Waals surface area contributed by atoms with Crippen molar-refractivity contribution in [3.63, 3.8) is 0 Å². The van der Waals surface area contributed by atoms with E-state index in [1.807, 2.05) is 0 Å². The minimum Gasteiger partial charge on any atom is -0.768 e. The Balaban J connectivity index is 2.66. The summed E-state index contributed by atoms with van der Waals surface area (Å²) in [6.07, 6.45) is 0. The number of benzene rings is 2. The molecule has 9 heteroatoms. The van der Waals surface area contributed by atoms with Gasteiger partial charge in [-0.2, -0.15) is 0 Å². The third kappa shape index (κ3) is 3.27. The summed E-state index contributed by atoms with van der Waals surface area (Å²) in [6.45, 7) is 0. The molecule has 0 aromatic heterocycles. The zero-order valence-electron chi connectivity index (χ0n) is 10.8.